The highest BCUT2D eigenvalue weighted by Gasteiger charge is 2.28. The van der Waals surface area contributed by atoms with Gasteiger partial charge in [-0.1, -0.05) is 11.8 Å². The van der Waals surface area contributed by atoms with Crippen molar-refractivity contribution in [1.82, 2.24) is 29.5 Å². The Labute approximate surface area is 179 Å². The van der Waals surface area contributed by atoms with Crippen molar-refractivity contribution in [3.05, 3.63) is 35.9 Å². The number of nitrogens with zero attached hydrogens (tertiary/aromatic N) is 6. The van der Waals surface area contributed by atoms with Crippen LogP contribution in [0.25, 0.3) is 0 Å². The SMILES string of the molecule is CC(C)n1c(SCCN2CCCC2)nnc1[C@H]1CCCN(Cc2ccncc2)C1. The summed E-state index contributed by atoms with van der Waals surface area (Å²) in [4.78, 5) is 9.27. The van der Waals surface area contributed by atoms with Crippen LogP contribution in [0.4, 0.5) is 0 Å². The van der Waals surface area contributed by atoms with E-state index in [-0.39, 0.29) is 0 Å². The van der Waals surface area contributed by atoms with Crippen LogP contribution in [0.2, 0.25) is 0 Å². The van der Waals surface area contributed by atoms with Crippen molar-refractivity contribution in [3.8, 4) is 0 Å². The summed E-state index contributed by atoms with van der Waals surface area (Å²) in [5.41, 5.74) is 1.34. The van der Waals surface area contributed by atoms with Crippen LogP contribution in [-0.2, 0) is 6.54 Å². The second kappa shape index (κ2) is 10.0. The molecule has 0 saturated carbocycles. The molecule has 0 bridgehead atoms. The van der Waals surface area contributed by atoms with Gasteiger partial charge in [-0.05, 0) is 76.9 Å². The molecule has 2 aromatic rings. The van der Waals surface area contributed by atoms with E-state index in [9.17, 15) is 0 Å². The number of pyridine rings is 1. The molecule has 0 spiro atoms. The topological polar surface area (TPSA) is 50.1 Å². The van der Waals surface area contributed by atoms with Crippen molar-refractivity contribution >= 4 is 11.8 Å². The van der Waals surface area contributed by atoms with Gasteiger partial charge in [-0.25, -0.2) is 0 Å². The Kier molecular flexibility index (Phi) is 7.21. The fraction of sp³-hybridized carbons (Fsp3) is 0.682. The molecule has 29 heavy (non-hydrogen) atoms. The second-order valence-electron chi connectivity index (χ2n) is 8.63. The number of hydrogen-bond donors (Lipinski definition) is 0. The summed E-state index contributed by atoms with van der Waals surface area (Å²) in [6.07, 6.45) is 8.91. The van der Waals surface area contributed by atoms with E-state index >= 15 is 0 Å². The van der Waals surface area contributed by atoms with Crippen molar-refractivity contribution < 1.29 is 0 Å². The Balaban J connectivity index is 1.40. The summed E-state index contributed by atoms with van der Waals surface area (Å²) in [6, 6.07) is 4.63. The molecule has 2 aromatic heterocycles. The highest BCUT2D eigenvalue weighted by molar-refractivity contribution is 7.99. The third-order valence-corrected chi connectivity index (χ3v) is 6.99. The van der Waals surface area contributed by atoms with Gasteiger partial charge in [0, 0.05) is 49.7 Å². The van der Waals surface area contributed by atoms with Gasteiger partial charge in [-0.2, -0.15) is 0 Å². The quantitative estimate of drug-likeness (QED) is 0.612. The molecule has 2 fully saturated rings. The zero-order valence-electron chi connectivity index (χ0n) is 17.8. The lowest BCUT2D eigenvalue weighted by atomic mass is 9.96. The van der Waals surface area contributed by atoms with Crippen LogP contribution in [0.5, 0.6) is 0 Å². The summed E-state index contributed by atoms with van der Waals surface area (Å²) in [7, 11) is 0. The van der Waals surface area contributed by atoms with Gasteiger partial charge in [0.1, 0.15) is 5.82 Å². The van der Waals surface area contributed by atoms with Crippen molar-refractivity contribution in [2.24, 2.45) is 0 Å². The number of likely N-dealkylation sites (tertiary alicyclic amines) is 2. The number of aromatic nitrogens is 4. The largest absolute Gasteiger partial charge is 0.303 e. The predicted molar refractivity (Wildman–Crippen MR) is 118 cm³/mol. The van der Waals surface area contributed by atoms with E-state index in [0.717, 1.165) is 37.1 Å². The first kappa shape index (κ1) is 20.8. The first-order chi connectivity index (χ1) is 14.2. The molecule has 0 aromatic carbocycles. The molecule has 158 valence electrons. The molecule has 0 N–H and O–H groups in total. The minimum absolute atomic E-state index is 0.393. The third-order valence-electron chi connectivity index (χ3n) is 6.07. The molecule has 0 unspecified atom stereocenters. The standard InChI is InChI=1S/C22H34N6S/c1-18(2)28-21(24-25-22(28)29-15-14-26-11-3-4-12-26)20-6-5-13-27(17-20)16-19-7-9-23-10-8-19/h7-10,18,20H,3-6,11-17H2,1-2H3/t20-/m0/s1. The molecule has 0 radical (unpaired) electrons. The fourth-order valence-corrected chi connectivity index (χ4v) is 5.65. The monoisotopic (exact) mass is 414 g/mol. The van der Waals surface area contributed by atoms with Gasteiger partial charge in [0.15, 0.2) is 5.16 Å². The minimum Gasteiger partial charge on any atom is -0.303 e. The summed E-state index contributed by atoms with van der Waals surface area (Å²) in [5, 5.41) is 10.4. The van der Waals surface area contributed by atoms with E-state index in [1.807, 2.05) is 24.2 Å². The Morgan fingerprint density at radius 2 is 1.79 bits per heavy atom. The molecule has 0 amide bonds. The Bertz CT molecular complexity index is 756. The van der Waals surface area contributed by atoms with Crippen LogP contribution in [0, 0.1) is 0 Å². The van der Waals surface area contributed by atoms with Gasteiger partial charge < -0.3 is 9.47 Å². The second-order valence-corrected chi connectivity index (χ2v) is 9.69. The Morgan fingerprint density at radius 1 is 1.03 bits per heavy atom. The predicted octanol–water partition coefficient (Wildman–Crippen LogP) is 3.82. The van der Waals surface area contributed by atoms with Crippen molar-refractivity contribution in [2.75, 3.05) is 38.5 Å². The molecular formula is C22H34N6S. The maximum atomic E-state index is 4.69. The van der Waals surface area contributed by atoms with Gasteiger partial charge in [-0.3, -0.25) is 9.88 Å². The first-order valence-electron chi connectivity index (χ1n) is 11.1. The molecule has 2 aliphatic heterocycles. The molecule has 2 saturated heterocycles. The first-order valence-corrected chi connectivity index (χ1v) is 12.1. The van der Waals surface area contributed by atoms with Crippen LogP contribution in [0.3, 0.4) is 0 Å². The molecule has 4 rings (SSSR count). The van der Waals surface area contributed by atoms with Crippen LogP contribution in [0.15, 0.2) is 29.7 Å². The van der Waals surface area contributed by atoms with Crippen LogP contribution >= 0.6 is 11.8 Å². The molecule has 6 nitrogen and oxygen atoms in total. The van der Waals surface area contributed by atoms with E-state index < -0.39 is 0 Å². The summed E-state index contributed by atoms with van der Waals surface area (Å²) < 4.78 is 2.40. The van der Waals surface area contributed by atoms with E-state index in [1.54, 1.807) is 0 Å². The molecule has 0 aliphatic carbocycles. The van der Waals surface area contributed by atoms with Crippen LogP contribution in [-0.4, -0.2) is 68.0 Å². The smallest absolute Gasteiger partial charge is 0.191 e. The van der Waals surface area contributed by atoms with Crippen molar-refractivity contribution in [2.45, 2.75) is 63.2 Å². The van der Waals surface area contributed by atoms with Crippen molar-refractivity contribution in [1.29, 1.82) is 0 Å². The summed E-state index contributed by atoms with van der Waals surface area (Å²) >= 11 is 1.88. The molecule has 4 heterocycles. The number of hydrogen-bond acceptors (Lipinski definition) is 6. The van der Waals surface area contributed by atoms with Gasteiger partial charge in [0.2, 0.25) is 0 Å². The van der Waals surface area contributed by atoms with Crippen LogP contribution < -0.4 is 0 Å². The maximum Gasteiger partial charge on any atom is 0.191 e. The number of thioether (sulfide) groups is 1. The van der Waals surface area contributed by atoms with E-state index in [2.05, 4.69) is 50.4 Å². The summed E-state index contributed by atoms with van der Waals surface area (Å²) in [5.74, 6) is 2.75. The van der Waals surface area contributed by atoms with Crippen molar-refractivity contribution in [3.63, 3.8) is 0 Å². The Hall–Kier alpha value is -1.44. The van der Waals surface area contributed by atoms with Gasteiger partial charge in [0.25, 0.3) is 0 Å². The number of rotatable bonds is 8. The molecular weight excluding hydrogens is 380 g/mol. The Morgan fingerprint density at radius 3 is 2.55 bits per heavy atom. The minimum atomic E-state index is 0.393. The average molecular weight is 415 g/mol. The van der Waals surface area contributed by atoms with Gasteiger partial charge in [0.05, 0.1) is 0 Å². The highest BCUT2D eigenvalue weighted by Crippen LogP contribution is 2.31. The molecule has 1 atom stereocenters. The normalized spacial score (nSPS) is 21.3. The van der Waals surface area contributed by atoms with E-state index in [0.29, 0.717) is 12.0 Å². The highest BCUT2D eigenvalue weighted by atomic mass is 32.2. The maximum absolute atomic E-state index is 4.69. The molecule has 2 aliphatic rings. The zero-order chi connectivity index (χ0) is 20.1. The van der Waals surface area contributed by atoms with Gasteiger partial charge in [-0.15, -0.1) is 10.2 Å². The lowest BCUT2D eigenvalue weighted by Gasteiger charge is -2.32. The van der Waals surface area contributed by atoms with Gasteiger partial charge >= 0.3 is 0 Å². The zero-order valence-corrected chi connectivity index (χ0v) is 18.7. The average Bonchev–Trinajstić information content (AvgIpc) is 3.39. The molecule has 7 heteroatoms. The lowest BCUT2D eigenvalue weighted by molar-refractivity contribution is 0.193. The van der Waals surface area contributed by atoms with Crippen LogP contribution in [0.1, 0.15) is 62.9 Å². The fourth-order valence-electron chi connectivity index (χ4n) is 4.58. The van der Waals surface area contributed by atoms with E-state index in [1.165, 1.54) is 50.2 Å². The third kappa shape index (κ3) is 5.38. The van der Waals surface area contributed by atoms with E-state index in [4.69, 9.17) is 5.10 Å². The number of piperidine rings is 1. The summed E-state index contributed by atoms with van der Waals surface area (Å²) in [6.45, 7) is 11.4. The lowest BCUT2D eigenvalue weighted by Crippen LogP contribution is -2.35.